The molecule has 260 valence electrons. The average Bonchev–Trinajstić information content (AvgIpc) is 3.78. The smallest absolute Gasteiger partial charge is 0.407 e. The minimum atomic E-state index is -0.825. The van der Waals surface area contributed by atoms with Crippen molar-refractivity contribution in [3.05, 3.63) is 53.2 Å². The number of nitrogens with zero attached hydrogens (tertiary/aromatic N) is 6. The third-order valence-corrected chi connectivity index (χ3v) is 11.8. The first kappa shape index (κ1) is 31.9. The summed E-state index contributed by atoms with van der Waals surface area (Å²) in [6.45, 7) is 6.77. The Hall–Kier alpha value is -4.32. The average molecular weight is 670 g/mol. The van der Waals surface area contributed by atoms with Crippen LogP contribution in [0, 0.1) is 0 Å². The third kappa shape index (κ3) is 5.67. The van der Waals surface area contributed by atoms with Gasteiger partial charge in [0, 0.05) is 49.4 Å². The van der Waals surface area contributed by atoms with Crippen molar-refractivity contribution >= 4 is 34.5 Å². The lowest BCUT2D eigenvalue weighted by Crippen LogP contribution is -2.56. The van der Waals surface area contributed by atoms with Crippen molar-refractivity contribution in [2.45, 2.75) is 88.5 Å². The lowest BCUT2D eigenvalue weighted by Gasteiger charge is -2.41. The Labute approximate surface area is 287 Å². The number of carbonyl (C=O) groups is 2. The van der Waals surface area contributed by atoms with Crippen LogP contribution in [-0.2, 0) is 24.1 Å². The first-order valence-corrected chi connectivity index (χ1v) is 18.0. The predicted octanol–water partition coefficient (Wildman–Crippen LogP) is 4.82. The molecule has 4 fully saturated rings. The van der Waals surface area contributed by atoms with Crippen molar-refractivity contribution in [2.24, 2.45) is 0 Å². The molecular formula is C37H47N7O5. The fraction of sp³-hybridized carbons (Fsp3) is 0.568. The number of amides is 2. The Morgan fingerprint density at radius 3 is 2.57 bits per heavy atom. The van der Waals surface area contributed by atoms with E-state index in [-0.39, 0.29) is 23.7 Å². The lowest BCUT2D eigenvalue weighted by molar-refractivity contribution is 0.0553. The Bertz CT molecular complexity index is 1730. The second-order valence-electron chi connectivity index (χ2n) is 14.4. The molecule has 1 aromatic heterocycles. The number of carboxylic acid groups (broad SMARTS) is 1. The SMILES string of the molecule is CCc1cccc2cccc(N3CCc4c(nc(OCC56CCCN5C(COC(=O)NC)CC6)nc4N4C[C@H]5CC[C@@H](C4)N5C(=O)O)C3)c12. The van der Waals surface area contributed by atoms with Gasteiger partial charge in [-0.2, -0.15) is 9.97 Å². The van der Waals surface area contributed by atoms with Crippen molar-refractivity contribution in [3.63, 3.8) is 0 Å². The number of ether oxygens (including phenoxy) is 2. The molecule has 0 aliphatic carbocycles. The van der Waals surface area contributed by atoms with Crippen LogP contribution in [0.2, 0.25) is 0 Å². The second kappa shape index (κ2) is 12.9. The number of benzene rings is 2. The zero-order valence-electron chi connectivity index (χ0n) is 28.6. The van der Waals surface area contributed by atoms with Crippen LogP contribution in [0.25, 0.3) is 10.8 Å². The van der Waals surface area contributed by atoms with Crippen LogP contribution in [0.1, 0.15) is 62.3 Å². The van der Waals surface area contributed by atoms with E-state index in [1.807, 2.05) is 0 Å². The van der Waals surface area contributed by atoms with Gasteiger partial charge in [-0.15, -0.1) is 0 Å². The van der Waals surface area contributed by atoms with Gasteiger partial charge in [0.1, 0.15) is 19.0 Å². The number of nitrogens with one attached hydrogen (secondary N) is 1. The minimum Gasteiger partial charge on any atom is -0.465 e. The van der Waals surface area contributed by atoms with Gasteiger partial charge in [0.25, 0.3) is 0 Å². The molecule has 4 saturated heterocycles. The maximum absolute atomic E-state index is 12.1. The summed E-state index contributed by atoms with van der Waals surface area (Å²) in [6, 6.07) is 13.6. The lowest BCUT2D eigenvalue weighted by atomic mass is 9.95. The van der Waals surface area contributed by atoms with E-state index < -0.39 is 12.2 Å². The van der Waals surface area contributed by atoms with E-state index in [2.05, 4.69) is 63.3 Å². The Balaban J connectivity index is 1.10. The Morgan fingerprint density at radius 2 is 1.82 bits per heavy atom. The minimum absolute atomic E-state index is 0.0344. The highest BCUT2D eigenvalue weighted by atomic mass is 16.5. The summed E-state index contributed by atoms with van der Waals surface area (Å²) in [5.74, 6) is 0.901. The molecule has 5 aliphatic heterocycles. The molecule has 2 bridgehead atoms. The topological polar surface area (TPSA) is 124 Å². The van der Waals surface area contributed by atoms with Gasteiger partial charge in [-0.05, 0) is 74.9 Å². The molecule has 0 spiro atoms. The zero-order chi connectivity index (χ0) is 33.7. The molecule has 4 atom stereocenters. The number of fused-ring (bicyclic) bond motifs is 5. The van der Waals surface area contributed by atoms with E-state index in [1.165, 1.54) is 22.0 Å². The maximum Gasteiger partial charge on any atom is 0.407 e. The van der Waals surface area contributed by atoms with Gasteiger partial charge in [0.2, 0.25) is 0 Å². The number of carbonyl (C=O) groups excluding carboxylic acids is 1. The number of aromatic nitrogens is 2. The summed E-state index contributed by atoms with van der Waals surface area (Å²) < 4.78 is 12.1. The third-order valence-electron chi connectivity index (χ3n) is 11.8. The van der Waals surface area contributed by atoms with E-state index in [9.17, 15) is 14.7 Å². The molecule has 6 heterocycles. The van der Waals surface area contributed by atoms with Crippen molar-refractivity contribution in [1.29, 1.82) is 0 Å². The highest BCUT2D eigenvalue weighted by Gasteiger charge is 2.50. The standard InChI is InChI=1S/C37H47N7O5/c1-3-24-7-4-8-25-9-5-10-31(32(24)25)41-18-14-29-30(21-41)39-34(40-33(29)42-19-26-11-12-27(20-42)44(26)36(46)47)49-23-37-15-6-17-43(37)28(13-16-37)22-48-35(45)38-2/h4-5,7-10,26-28H,3,6,11-23H2,1-2H3,(H,38,45)(H,46,47)/t26-,27+,28?,37?. The summed E-state index contributed by atoms with van der Waals surface area (Å²) in [4.78, 5) is 43.0. The molecule has 2 amide bonds. The number of hydrogen-bond acceptors (Lipinski definition) is 9. The number of hydrogen-bond donors (Lipinski definition) is 2. The summed E-state index contributed by atoms with van der Waals surface area (Å²) >= 11 is 0. The van der Waals surface area contributed by atoms with Crippen LogP contribution in [0.3, 0.4) is 0 Å². The van der Waals surface area contributed by atoms with Gasteiger partial charge in [-0.1, -0.05) is 37.3 Å². The van der Waals surface area contributed by atoms with E-state index in [0.717, 1.165) is 81.5 Å². The zero-order valence-corrected chi connectivity index (χ0v) is 28.6. The first-order valence-electron chi connectivity index (χ1n) is 18.0. The Morgan fingerprint density at radius 1 is 1.02 bits per heavy atom. The summed E-state index contributed by atoms with van der Waals surface area (Å²) in [6.07, 6.45) is 6.32. The summed E-state index contributed by atoms with van der Waals surface area (Å²) in [7, 11) is 1.58. The number of aryl methyl sites for hydroxylation is 1. The van der Waals surface area contributed by atoms with E-state index >= 15 is 0 Å². The van der Waals surface area contributed by atoms with E-state index in [4.69, 9.17) is 19.4 Å². The van der Waals surface area contributed by atoms with Crippen LogP contribution >= 0.6 is 0 Å². The van der Waals surface area contributed by atoms with Gasteiger partial charge in [0.15, 0.2) is 0 Å². The Kier molecular flexibility index (Phi) is 8.37. The van der Waals surface area contributed by atoms with Crippen molar-refractivity contribution < 1.29 is 24.2 Å². The second-order valence-corrected chi connectivity index (χ2v) is 14.4. The van der Waals surface area contributed by atoms with Crippen LogP contribution in [0.15, 0.2) is 36.4 Å². The molecule has 0 saturated carbocycles. The van der Waals surface area contributed by atoms with Crippen molar-refractivity contribution in [2.75, 3.05) is 56.2 Å². The molecule has 3 aromatic rings. The summed E-state index contributed by atoms with van der Waals surface area (Å²) in [5.41, 5.74) is 4.57. The molecule has 0 radical (unpaired) electrons. The highest BCUT2D eigenvalue weighted by Crippen LogP contribution is 2.43. The monoisotopic (exact) mass is 669 g/mol. The van der Waals surface area contributed by atoms with Gasteiger partial charge < -0.3 is 29.7 Å². The molecule has 12 heteroatoms. The van der Waals surface area contributed by atoms with Gasteiger partial charge >= 0.3 is 18.2 Å². The van der Waals surface area contributed by atoms with Gasteiger partial charge in [-0.3, -0.25) is 9.80 Å². The number of alkyl carbamates (subject to hydrolysis) is 1. The molecule has 5 aliphatic rings. The fourth-order valence-corrected chi connectivity index (χ4v) is 9.50. The predicted molar refractivity (Wildman–Crippen MR) is 187 cm³/mol. The summed E-state index contributed by atoms with van der Waals surface area (Å²) in [5, 5.41) is 15.0. The normalized spacial score (nSPS) is 26.2. The largest absolute Gasteiger partial charge is 0.465 e. The molecular weight excluding hydrogens is 622 g/mol. The van der Waals surface area contributed by atoms with Crippen LogP contribution in [0.4, 0.5) is 21.1 Å². The van der Waals surface area contributed by atoms with E-state index in [0.29, 0.717) is 38.9 Å². The molecule has 49 heavy (non-hydrogen) atoms. The molecule has 12 nitrogen and oxygen atoms in total. The van der Waals surface area contributed by atoms with Gasteiger partial charge in [0.05, 0.1) is 29.9 Å². The van der Waals surface area contributed by atoms with Gasteiger partial charge in [-0.25, -0.2) is 9.59 Å². The van der Waals surface area contributed by atoms with Crippen LogP contribution in [-0.4, -0.2) is 107 Å². The molecule has 2 aromatic carbocycles. The van der Waals surface area contributed by atoms with E-state index in [1.54, 1.807) is 11.9 Å². The number of piperazine rings is 1. The fourth-order valence-electron chi connectivity index (χ4n) is 9.50. The van der Waals surface area contributed by atoms with Crippen LogP contribution < -0.4 is 19.9 Å². The number of rotatable bonds is 8. The molecule has 8 rings (SSSR count). The number of anilines is 2. The molecule has 2 N–H and O–H groups in total. The quantitative estimate of drug-likeness (QED) is 0.345. The first-order chi connectivity index (χ1) is 23.9. The molecule has 2 unspecified atom stereocenters. The highest BCUT2D eigenvalue weighted by molar-refractivity contribution is 5.97. The van der Waals surface area contributed by atoms with Crippen molar-refractivity contribution in [1.82, 2.24) is 25.1 Å². The van der Waals surface area contributed by atoms with Crippen molar-refractivity contribution in [3.8, 4) is 6.01 Å². The van der Waals surface area contributed by atoms with Crippen LogP contribution in [0.5, 0.6) is 6.01 Å². The maximum atomic E-state index is 12.1.